The molecule has 2 atom stereocenters. The maximum absolute atomic E-state index is 11.6. The minimum absolute atomic E-state index is 0.142. The molecule has 1 fully saturated rings. The molecule has 3 rings (SSSR count). The van der Waals surface area contributed by atoms with Gasteiger partial charge in [-0.3, -0.25) is 9.69 Å². The third kappa shape index (κ3) is 2.53. The Morgan fingerprint density at radius 2 is 1.86 bits per heavy atom. The van der Waals surface area contributed by atoms with Crippen LogP contribution in [-0.2, 0) is 11.2 Å². The number of benzene rings is 1. The van der Waals surface area contributed by atoms with E-state index in [4.69, 9.17) is 0 Å². The molecule has 21 heavy (non-hydrogen) atoms. The SMILES string of the molecule is CC(=O)N1CCc2cc(N3CC(C)N(C)C(C)C3)ccc21. The fourth-order valence-electron chi connectivity index (χ4n) is 3.53. The quantitative estimate of drug-likeness (QED) is 0.791. The summed E-state index contributed by atoms with van der Waals surface area (Å²) in [7, 11) is 2.21. The van der Waals surface area contributed by atoms with Gasteiger partial charge < -0.3 is 9.80 Å². The Morgan fingerprint density at radius 3 is 2.48 bits per heavy atom. The molecule has 0 saturated carbocycles. The Kier molecular flexibility index (Phi) is 3.66. The number of carbonyl (C=O) groups excluding carboxylic acids is 1. The molecule has 1 amide bonds. The Bertz CT molecular complexity index is 545. The maximum atomic E-state index is 11.6. The molecular formula is C17H25N3O. The molecule has 4 nitrogen and oxygen atoms in total. The van der Waals surface area contributed by atoms with Crippen molar-refractivity contribution in [2.45, 2.75) is 39.3 Å². The minimum Gasteiger partial charge on any atom is -0.368 e. The van der Waals surface area contributed by atoms with E-state index in [9.17, 15) is 4.79 Å². The molecule has 0 aromatic heterocycles. The van der Waals surface area contributed by atoms with Gasteiger partial charge in [0.2, 0.25) is 5.91 Å². The van der Waals surface area contributed by atoms with Crippen molar-refractivity contribution in [2.75, 3.05) is 36.5 Å². The molecule has 114 valence electrons. The molecule has 1 aromatic carbocycles. The van der Waals surface area contributed by atoms with Crippen LogP contribution in [-0.4, -0.2) is 49.6 Å². The number of hydrogen-bond donors (Lipinski definition) is 0. The molecule has 0 radical (unpaired) electrons. The van der Waals surface area contributed by atoms with Crippen LogP contribution in [0.1, 0.15) is 26.3 Å². The van der Waals surface area contributed by atoms with Crippen LogP contribution in [0, 0.1) is 0 Å². The van der Waals surface area contributed by atoms with Gasteiger partial charge in [0.1, 0.15) is 0 Å². The molecule has 0 bridgehead atoms. The molecule has 1 aromatic rings. The van der Waals surface area contributed by atoms with Crippen LogP contribution in [0.5, 0.6) is 0 Å². The average molecular weight is 287 g/mol. The van der Waals surface area contributed by atoms with Crippen molar-refractivity contribution in [3.05, 3.63) is 23.8 Å². The smallest absolute Gasteiger partial charge is 0.223 e. The number of likely N-dealkylation sites (N-methyl/N-ethyl adjacent to an activating group) is 1. The topological polar surface area (TPSA) is 26.8 Å². The third-order valence-electron chi connectivity index (χ3n) is 5.06. The van der Waals surface area contributed by atoms with Crippen LogP contribution in [0.3, 0.4) is 0 Å². The Balaban J connectivity index is 1.84. The van der Waals surface area contributed by atoms with Gasteiger partial charge in [0.25, 0.3) is 0 Å². The van der Waals surface area contributed by atoms with Crippen molar-refractivity contribution in [1.29, 1.82) is 0 Å². The molecule has 2 aliphatic rings. The highest BCUT2D eigenvalue weighted by molar-refractivity contribution is 5.94. The first-order valence-corrected chi connectivity index (χ1v) is 7.85. The van der Waals surface area contributed by atoms with Gasteiger partial charge in [0.05, 0.1) is 0 Å². The van der Waals surface area contributed by atoms with Crippen molar-refractivity contribution >= 4 is 17.3 Å². The van der Waals surface area contributed by atoms with Gasteiger partial charge in [-0.1, -0.05) is 0 Å². The standard InChI is InChI=1S/C17H25N3O/c1-12-10-19(11-13(2)18(12)4)16-5-6-17-15(9-16)7-8-20(17)14(3)21/h5-6,9,12-13H,7-8,10-11H2,1-4H3. The summed E-state index contributed by atoms with van der Waals surface area (Å²) in [6.07, 6.45) is 0.974. The van der Waals surface area contributed by atoms with E-state index in [0.29, 0.717) is 12.1 Å². The van der Waals surface area contributed by atoms with Crippen LogP contribution >= 0.6 is 0 Å². The Morgan fingerprint density at radius 1 is 1.19 bits per heavy atom. The zero-order valence-corrected chi connectivity index (χ0v) is 13.5. The minimum atomic E-state index is 0.142. The van der Waals surface area contributed by atoms with E-state index in [1.54, 1.807) is 6.92 Å². The van der Waals surface area contributed by atoms with E-state index in [1.165, 1.54) is 11.3 Å². The second kappa shape index (κ2) is 5.34. The molecule has 0 spiro atoms. The molecule has 2 heterocycles. The first kappa shape index (κ1) is 14.4. The summed E-state index contributed by atoms with van der Waals surface area (Å²) < 4.78 is 0. The van der Waals surface area contributed by atoms with E-state index in [1.807, 2.05) is 4.90 Å². The van der Waals surface area contributed by atoms with E-state index in [-0.39, 0.29) is 5.91 Å². The molecule has 2 unspecified atom stereocenters. The van der Waals surface area contributed by atoms with Crippen LogP contribution in [0.4, 0.5) is 11.4 Å². The van der Waals surface area contributed by atoms with Gasteiger partial charge in [-0.2, -0.15) is 0 Å². The number of rotatable bonds is 1. The highest BCUT2D eigenvalue weighted by Crippen LogP contribution is 2.32. The van der Waals surface area contributed by atoms with Crippen LogP contribution in [0.2, 0.25) is 0 Å². The van der Waals surface area contributed by atoms with Crippen molar-refractivity contribution in [3.63, 3.8) is 0 Å². The van der Waals surface area contributed by atoms with Gasteiger partial charge in [0, 0.05) is 50.0 Å². The van der Waals surface area contributed by atoms with Crippen LogP contribution in [0.15, 0.2) is 18.2 Å². The molecule has 4 heteroatoms. The third-order valence-corrected chi connectivity index (χ3v) is 5.06. The number of hydrogen-bond acceptors (Lipinski definition) is 3. The fourth-order valence-corrected chi connectivity index (χ4v) is 3.53. The lowest BCUT2D eigenvalue weighted by Gasteiger charge is -2.43. The largest absolute Gasteiger partial charge is 0.368 e. The number of carbonyl (C=O) groups is 1. The van der Waals surface area contributed by atoms with Gasteiger partial charge in [-0.05, 0) is 51.1 Å². The Labute approximate surface area is 127 Å². The summed E-state index contributed by atoms with van der Waals surface area (Å²) in [6.45, 7) is 9.17. The number of amides is 1. The van der Waals surface area contributed by atoms with E-state index in [0.717, 1.165) is 31.7 Å². The van der Waals surface area contributed by atoms with Crippen LogP contribution < -0.4 is 9.80 Å². The summed E-state index contributed by atoms with van der Waals surface area (Å²) in [5, 5.41) is 0. The lowest BCUT2D eigenvalue weighted by atomic mass is 10.1. The second-order valence-electron chi connectivity index (χ2n) is 6.50. The average Bonchev–Trinajstić information content (AvgIpc) is 2.87. The van der Waals surface area contributed by atoms with E-state index in [2.05, 4.69) is 48.9 Å². The predicted octanol–water partition coefficient (Wildman–Crippen LogP) is 2.12. The van der Waals surface area contributed by atoms with Crippen molar-refractivity contribution in [1.82, 2.24) is 4.90 Å². The zero-order chi connectivity index (χ0) is 15.1. The highest BCUT2D eigenvalue weighted by Gasteiger charge is 2.28. The highest BCUT2D eigenvalue weighted by atomic mass is 16.2. The summed E-state index contributed by atoms with van der Waals surface area (Å²) in [4.78, 5) is 18.4. The van der Waals surface area contributed by atoms with E-state index >= 15 is 0 Å². The van der Waals surface area contributed by atoms with Crippen molar-refractivity contribution < 1.29 is 4.79 Å². The molecule has 2 aliphatic heterocycles. The van der Waals surface area contributed by atoms with Gasteiger partial charge in [-0.15, -0.1) is 0 Å². The maximum Gasteiger partial charge on any atom is 0.223 e. The first-order chi connectivity index (χ1) is 9.97. The van der Waals surface area contributed by atoms with Gasteiger partial charge >= 0.3 is 0 Å². The Hall–Kier alpha value is -1.55. The second-order valence-corrected chi connectivity index (χ2v) is 6.50. The summed E-state index contributed by atoms with van der Waals surface area (Å²) >= 11 is 0. The normalized spacial score (nSPS) is 26.1. The lowest BCUT2D eigenvalue weighted by molar-refractivity contribution is -0.116. The first-order valence-electron chi connectivity index (χ1n) is 7.85. The summed E-state index contributed by atoms with van der Waals surface area (Å²) in [5.74, 6) is 0.142. The van der Waals surface area contributed by atoms with Gasteiger partial charge in [-0.25, -0.2) is 0 Å². The monoisotopic (exact) mass is 287 g/mol. The van der Waals surface area contributed by atoms with Crippen molar-refractivity contribution in [3.8, 4) is 0 Å². The lowest BCUT2D eigenvalue weighted by Crippen LogP contribution is -2.55. The van der Waals surface area contributed by atoms with Gasteiger partial charge in [0.15, 0.2) is 0 Å². The fraction of sp³-hybridized carbons (Fsp3) is 0.588. The number of piperazine rings is 1. The van der Waals surface area contributed by atoms with Crippen molar-refractivity contribution in [2.24, 2.45) is 0 Å². The number of nitrogens with zero attached hydrogens (tertiary/aromatic N) is 3. The predicted molar refractivity (Wildman–Crippen MR) is 87.1 cm³/mol. The molecular weight excluding hydrogens is 262 g/mol. The summed E-state index contributed by atoms with van der Waals surface area (Å²) in [6, 6.07) is 7.70. The van der Waals surface area contributed by atoms with Crippen LogP contribution in [0.25, 0.3) is 0 Å². The number of fused-ring (bicyclic) bond motifs is 1. The molecule has 1 saturated heterocycles. The molecule has 0 aliphatic carbocycles. The molecule has 0 N–H and O–H groups in total. The zero-order valence-electron chi connectivity index (χ0n) is 13.5. The van der Waals surface area contributed by atoms with E-state index < -0.39 is 0 Å². The summed E-state index contributed by atoms with van der Waals surface area (Å²) in [5.41, 5.74) is 3.70. The number of anilines is 2.